The van der Waals surface area contributed by atoms with Crippen molar-refractivity contribution in [3.05, 3.63) is 42.3 Å². The van der Waals surface area contributed by atoms with Crippen LogP contribution in [0.5, 0.6) is 0 Å². The van der Waals surface area contributed by atoms with Gasteiger partial charge in [0.2, 0.25) is 0 Å². The third kappa shape index (κ3) is 5.62. The van der Waals surface area contributed by atoms with Gasteiger partial charge in [-0.25, -0.2) is 24.1 Å². The number of benzene rings is 1. The van der Waals surface area contributed by atoms with Gasteiger partial charge >= 0.3 is 6.09 Å². The van der Waals surface area contributed by atoms with Gasteiger partial charge in [0, 0.05) is 37.9 Å². The van der Waals surface area contributed by atoms with E-state index in [0.717, 1.165) is 27.0 Å². The molecule has 0 radical (unpaired) electrons. The molecule has 7 nitrogen and oxygen atoms in total. The third-order valence-corrected chi connectivity index (χ3v) is 6.68. The molecule has 0 N–H and O–H groups in total. The van der Waals surface area contributed by atoms with Crippen molar-refractivity contribution in [2.45, 2.75) is 31.5 Å². The molecule has 0 spiro atoms. The van der Waals surface area contributed by atoms with E-state index in [2.05, 4.69) is 14.9 Å². The quantitative estimate of drug-likeness (QED) is 0.371. The number of hydrogen-bond donors (Lipinski definition) is 0. The van der Waals surface area contributed by atoms with Crippen molar-refractivity contribution in [2.24, 2.45) is 0 Å². The highest BCUT2D eigenvalue weighted by atomic mass is 32.2. The minimum atomic E-state index is -0.518. The number of rotatable bonds is 4. The SMILES string of the molecule is CSc1nccc(-c2sc(N3CCN(C(=O)OC(C)(C)C)CC3)nc2-c2ccc(F)cc2)n1. The van der Waals surface area contributed by atoms with E-state index in [1.807, 2.05) is 33.1 Å². The topological polar surface area (TPSA) is 71.5 Å². The largest absolute Gasteiger partial charge is 0.444 e. The summed E-state index contributed by atoms with van der Waals surface area (Å²) in [6.45, 7) is 8.00. The molecule has 33 heavy (non-hydrogen) atoms. The molecule has 0 bridgehead atoms. The maximum atomic E-state index is 13.5. The first-order chi connectivity index (χ1) is 15.7. The van der Waals surface area contributed by atoms with E-state index in [-0.39, 0.29) is 11.9 Å². The summed E-state index contributed by atoms with van der Waals surface area (Å²) in [7, 11) is 0. The maximum Gasteiger partial charge on any atom is 0.410 e. The molecule has 1 aromatic carbocycles. The maximum absolute atomic E-state index is 13.5. The van der Waals surface area contributed by atoms with Gasteiger partial charge in [-0.05, 0) is 57.4 Å². The number of thiazole rings is 1. The van der Waals surface area contributed by atoms with Crippen LogP contribution in [0, 0.1) is 5.82 Å². The molecule has 1 amide bonds. The summed E-state index contributed by atoms with van der Waals surface area (Å²) in [5.74, 6) is -0.291. The van der Waals surface area contributed by atoms with Gasteiger partial charge in [-0.15, -0.1) is 0 Å². The van der Waals surface area contributed by atoms with Crippen molar-refractivity contribution in [3.63, 3.8) is 0 Å². The second-order valence-corrected chi connectivity index (χ2v) is 10.3. The van der Waals surface area contributed by atoms with Crippen LogP contribution in [0.25, 0.3) is 21.8 Å². The van der Waals surface area contributed by atoms with Crippen LogP contribution in [0.2, 0.25) is 0 Å². The minimum Gasteiger partial charge on any atom is -0.444 e. The van der Waals surface area contributed by atoms with E-state index in [1.54, 1.807) is 34.6 Å². The van der Waals surface area contributed by atoms with Crippen molar-refractivity contribution in [2.75, 3.05) is 37.3 Å². The molecular formula is C23H26FN5O2S2. The molecule has 0 atom stereocenters. The second kappa shape index (κ2) is 9.64. The fourth-order valence-electron chi connectivity index (χ4n) is 3.39. The standard InChI is InChI=1S/C23H26FN5O2S2/c1-23(2,3)31-22(30)29-13-11-28(12-14-29)21-27-18(15-5-7-16(24)8-6-15)19(33-21)17-9-10-25-20(26-17)32-4/h5-10H,11-14H2,1-4H3. The molecule has 4 rings (SSSR count). The van der Waals surface area contributed by atoms with Gasteiger partial charge in [-0.2, -0.15) is 0 Å². The molecule has 10 heteroatoms. The number of thioether (sulfide) groups is 1. The summed E-state index contributed by atoms with van der Waals surface area (Å²) in [4.78, 5) is 31.0. The summed E-state index contributed by atoms with van der Waals surface area (Å²) in [6, 6.07) is 8.20. The number of anilines is 1. The van der Waals surface area contributed by atoms with Crippen LogP contribution in [-0.4, -0.2) is 64.0 Å². The molecule has 2 aromatic heterocycles. The lowest BCUT2D eigenvalue weighted by molar-refractivity contribution is 0.0240. The molecule has 0 aliphatic carbocycles. The summed E-state index contributed by atoms with van der Waals surface area (Å²) >= 11 is 3.02. The predicted octanol–water partition coefficient (Wildman–Crippen LogP) is 5.19. The van der Waals surface area contributed by atoms with Gasteiger partial charge in [-0.3, -0.25) is 0 Å². The van der Waals surface area contributed by atoms with Crippen molar-refractivity contribution in [3.8, 4) is 21.8 Å². The predicted molar refractivity (Wildman–Crippen MR) is 130 cm³/mol. The van der Waals surface area contributed by atoms with Crippen LogP contribution in [0.15, 0.2) is 41.7 Å². The fourth-order valence-corrected chi connectivity index (χ4v) is 4.86. The van der Waals surface area contributed by atoms with Gasteiger partial charge in [0.05, 0.1) is 16.3 Å². The zero-order valence-corrected chi connectivity index (χ0v) is 20.7. The Bertz CT molecular complexity index is 1120. The van der Waals surface area contributed by atoms with Crippen molar-refractivity contribution < 1.29 is 13.9 Å². The monoisotopic (exact) mass is 487 g/mol. The lowest BCUT2D eigenvalue weighted by Gasteiger charge is -2.35. The molecule has 3 aromatic rings. The Balaban J connectivity index is 1.61. The number of piperazine rings is 1. The van der Waals surface area contributed by atoms with E-state index in [9.17, 15) is 9.18 Å². The van der Waals surface area contributed by atoms with Crippen LogP contribution >= 0.6 is 23.1 Å². The van der Waals surface area contributed by atoms with Crippen LogP contribution in [-0.2, 0) is 4.74 Å². The summed E-state index contributed by atoms with van der Waals surface area (Å²) < 4.78 is 19.0. The van der Waals surface area contributed by atoms with Crippen molar-refractivity contribution in [1.29, 1.82) is 0 Å². The Morgan fingerprint density at radius 2 is 1.79 bits per heavy atom. The first kappa shape index (κ1) is 23.4. The lowest BCUT2D eigenvalue weighted by atomic mass is 10.1. The van der Waals surface area contributed by atoms with Gasteiger partial charge in [0.25, 0.3) is 0 Å². The highest BCUT2D eigenvalue weighted by Crippen LogP contribution is 2.40. The zero-order chi connectivity index (χ0) is 23.6. The van der Waals surface area contributed by atoms with E-state index in [0.29, 0.717) is 31.3 Å². The zero-order valence-electron chi connectivity index (χ0n) is 19.0. The van der Waals surface area contributed by atoms with Crippen molar-refractivity contribution >= 4 is 34.3 Å². The minimum absolute atomic E-state index is 0.291. The van der Waals surface area contributed by atoms with Crippen LogP contribution < -0.4 is 4.90 Å². The van der Waals surface area contributed by atoms with Crippen LogP contribution in [0.1, 0.15) is 20.8 Å². The Kier molecular flexibility index (Phi) is 6.85. The molecule has 1 aliphatic heterocycles. The molecule has 1 aliphatic rings. The molecular weight excluding hydrogens is 461 g/mol. The number of hydrogen-bond acceptors (Lipinski definition) is 8. The Labute approximate surface area is 201 Å². The second-order valence-electron chi connectivity index (χ2n) is 8.56. The smallest absolute Gasteiger partial charge is 0.410 e. The van der Waals surface area contributed by atoms with Gasteiger partial charge in [0.15, 0.2) is 10.3 Å². The Morgan fingerprint density at radius 3 is 2.42 bits per heavy atom. The van der Waals surface area contributed by atoms with Gasteiger partial charge in [-0.1, -0.05) is 23.1 Å². The number of carbonyl (C=O) groups excluding carboxylic acids is 1. The van der Waals surface area contributed by atoms with Gasteiger partial charge in [0.1, 0.15) is 11.4 Å². The van der Waals surface area contributed by atoms with E-state index < -0.39 is 5.60 Å². The molecule has 1 fully saturated rings. The molecule has 1 saturated heterocycles. The van der Waals surface area contributed by atoms with Crippen LogP contribution in [0.4, 0.5) is 14.3 Å². The number of aromatic nitrogens is 3. The summed E-state index contributed by atoms with van der Waals surface area (Å²) in [5.41, 5.74) is 1.85. The summed E-state index contributed by atoms with van der Waals surface area (Å²) in [6.07, 6.45) is 3.38. The molecule has 0 saturated carbocycles. The number of nitrogens with zero attached hydrogens (tertiary/aromatic N) is 5. The number of ether oxygens (including phenoxy) is 1. The highest BCUT2D eigenvalue weighted by molar-refractivity contribution is 7.98. The fraction of sp³-hybridized carbons (Fsp3) is 0.391. The Morgan fingerprint density at radius 1 is 1.09 bits per heavy atom. The van der Waals surface area contributed by atoms with Gasteiger partial charge < -0.3 is 14.5 Å². The van der Waals surface area contributed by atoms with E-state index >= 15 is 0 Å². The van der Waals surface area contributed by atoms with Crippen molar-refractivity contribution in [1.82, 2.24) is 19.9 Å². The number of carbonyl (C=O) groups is 1. The number of amides is 1. The lowest BCUT2D eigenvalue weighted by Crippen LogP contribution is -2.50. The first-order valence-electron chi connectivity index (χ1n) is 10.6. The molecule has 3 heterocycles. The normalized spacial score (nSPS) is 14.5. The van der Waals surface area contributed by atoms with Crippen LogP contribution in [0.3, 0.4) is 0 Å². The average molecular weight is 488 g/mol. The average Bonchev–Trinajstić information content (AvgIpc) is 3.24. The number of halogens is 1. The van der Waals surface area contributed by atoms with E-state index in [4.69, 9.17) is 9.72 Å². The Hall–Kier alpha value is -2.72. The molecule has 174 valence electrons. The molecule has 0 unspecified atom stereocenters. The summed E-state index contributed by atoms with van der Waals surface area (Å²) in [5, 5.41) is 1.52. The third-order valence-electron chi connectivity index (χ3n) is 4.98. The highest BCUT2D eigenvalue weighted by Gasteiger charge is 2.28. The van der Waals surface area contributed by atoms with E-state index in [1.165, 1.54) is 23.9 Å². The first-order valence-corrected chi connectivity index (χ1v) is 12.6.